The number of hydrogen-bond acceptors (Lipinski definition) is 6. The molecule has 166 valence electrons. The van der Waals surface area contributed by atoms with Gasteiger partial charge in [0.1, 0.15) is 0 Å². The summed E-state index contributed by atoms with van der Waals surface area (Å²) in [6.07, 6.45) is 0.593. The van der Waals surface area contributed by atoms with Crippen molar-refractivity contribution in [2.75, 3.05) is 37.9 Å². The molecule has 0 aromatic heterocycles. The van der Waals surface area contributed by atoms with E-state index in [2.05, 4.69) is 55.1 Å². The lowest BCUT2D eigenvalue weighted by Crippen LogP contribution is -2.49. The molecular weight excluding hydrogens is 412 g/mol. The fourth-order valence-electron chi connectivity index (χ4n) is 3.48. The lowest BCUT2D eigenvalue weighted by molar-refractivity contribution is -0.152. The first kappa shape index (κ1) is 23.0. The Morgan fingerprint density at radius 3 is 2.42 bits per heavy atom. The van der Waals surface area contributed by atoms with Crippen molar-refractivity contribution >= 4 is 29.5 Å². The van der Waals surface area contributed by atoms with Gasteiger partial charge in [0.05, 0.1) is 5.69 Å². The number of hydrogen-bond donors (Lipinski definition) is 0. The molecule has 0 aliphatic carbocycles. The normalized spacial score (nSPS) is 13.8. The molecule has 31 heavy (non-hydrogen) atoms. The Morgan fingerprint density at radius 1 is 0.968 bits per heavy atom. The molecule has 0 saturated carbocycles. The Balaban J connectivity index is 1.56. The van der Waals surface area contributed by atoms with Crippen LogP contribution in [0.1, 0.15) is 30.9 Å². The summed E-state index contributed by atoms with van der Waals surface area (Å²) in [7, 11) is 0. The maximum absolute atomic E-state index is 12.2. The van der Waals surface area contributed by atoms with Crippen molar-refractivity contribution < 1.29 is 19.1 Å². The Kier molecular flexibility index (Phi) is 8.23. The molecule has 2 aromatic carbocycles. The number of amides is 1. The molecular formula is C24H30N2O4S. The van der Waals surface area contributed by atoms with Crippen LogP contribution in [-0.4, -0.2) is 49.9 Å². The SMILES string of the molecule is CCCC(=O)OCOC(=O)N1CCN(c2ccccc2Sc2ccc(C)cc2C)CC1. The zero-order chi connectivity index (χ0) is 22.2. The highest BCUT2D eigenvalue weighted by Gasteiger charge is 2.24. The minimum atomic E-state index is -0.443. The number of nitrogens with zero attached hydrogens (tertiary/aromatic N) is 2. The van der Waals surface area contributed by atoms with Crippen LogP contribution in [-0.2, 0) is 14.3 Å². The van der Waals surface area contributed by atoms with Gasteiger partial charge in [-0.1, -0.05) is 48.5 Å². The average molecular weight is 443 g/mol. The summed E-state index contributed by atoms with van der Waals surface area (Å²) in [6.45, 7) is 8.37. The summed E-state index contributed by atoms with van der Waals surface area (Å²) in [5.41, 5.74) is 3.71. The molecule has 1 aliphatic heterocycles. The molecule has 6 nitrogen and oxygen atoms in total. The molecule has 1 aliphatic rings. The molecule has 1 amide bonds. The zero-order valence-electron chi connectivity index (χ0n) is 18.4. The van der Waals surface area contributed by atoms with E-state index >= 15 is 0 Å². The van der Waals surface area contributed by atoms with Crippen molar-refractivity contribution in [3.05, 3.63) is 53.6 Å². The lowest BCUT2D eigenvalue weighted by atomic mass is 10.2. The molecule has 0 spiro atoms. The smallest absolute Gasteiger partial charge is 0.412 e. The fourth-order valence-corrected chi connectivity index (χ4v) is 4.52. The second kappa shape index (κ2) is 11.1. The summed E-state index contributed by atoms with van der Waals surface area (Å²) >= 11 is 1.77. The highest BCUT2D eigenvalue weighted by Crippen LogP contribution is 2.37. The topological polar surface area (TPSA) is 59.1 Å². The van der Waals surface area contributed by atoms with Crippen LogP contribution in [0.3, 0.4) is 0 Å². The van der Waals surface area contributed by atoms with E-state index in [0.29, 0.717) is 25.9 Å². The van der Waals surface area contributed by atoms with Gasteiger partial charge in [0, 0.05) is 42.4 Å². The molecule has 1 heterocycles. The first-order valence-electron chi connectivity index (χ1n) is 10.6. The molecule has 1 fully saturated rings. The Hall–Kier alpha value is -2.67. The van der Waals surface area contributed by atoms with Gasteiger partial charge in [-0.25, -0.2) is 4.79 Å². The van der Waals surface area contributed by atoms with E-state index in [1.807, 2.05) is 13.0 Å². The maximum atomic E-state index is 12.2. The first-order chi connectivity index (χ1) is 15.0. The lowest BCUT2D eigenvalue weighted by Gasteiger charge is -2.36. The summed E-state index contributed by atoms with van der Waals surface area (Å²) in [6, 6.07) is 14.9. The van der Waals surface area contributed by atoms with Crippen molar-refractivity contribution in [1.82, 2.24) is 4.90 Å². The van der Waals surface area contributed by atoms with Gasteiger partial charge in [-0.05, 0) is 44.0 Å². The summed E-state index contributed by atoms with van der Waals surface area (Å²) in [4.78, 5) is 30.0. The van der Waals surface area contributed by atoms with E-state index < -0.39 is 6.09 Å². The number of para-hydroxylation sites is 1. The summed E-state index contributed by atoms with van der Waals surface area (Å²) in [5.74, 6) is -0.349. The monoisotopic (exact) mass is 442 g/mol. The third-order valence-electron chi connectivity index (χ3n) is 5.15. The minimum Gasteiger partial charge on any atom is -0.428 e. The predicted octanol–water partition coefficient (Wildman–Crippen LogP) is 5.01. The van der Waals surface area contributed by atoms with E-state index in [4.69, 9.17) is 9.47 Å². The van der Waals surface area contributed by atoms with Gasteiger partial charge < -0.3 is 19.3 Å². The largest absolute Gasteiger partial charge is 0.428 e. The fraction of sp³-hybridized carbons (Fsp3) is 0.417. The standard InChI is InChI=1S/C24H30N2O4S/c1-4-7-23(27)29-17-30-24(28)26-14-12-25(13-15-26)20-8-5-6-9-22(20)31-21-11-10-18(2)16-19(21)3/h5-6,8-11,16H,4,7,12-15,17H2,1-3H3. The van der Waals surface area contributed by atoms with Gasteiger partial charge in [-0.15, -0.1) is 0 Å². The number of carbonyl (C=O) groups excluding carboxylic acids is 2. The number of esters is 1. The van der Waals surface area contributed by atoms with E-state index in [0.717, 1.165) is 13.1 Å². The van der Waals surface area contributed by atoms with Crippen molar-refractivity contribution in [1.29, 1.82) is 0 Å². The predicted molar refractivity (Wildman–Crippen MR) is 123 cm³/mol. The Morgan fingerprint density at radius 2 is 1.71 bits per heavy atom. The Labute approximate surface area is 188 Å². The molecule has 0 radical (unpaired) electrons. The number of aryl methyl sites for hydroxylation is 2. The quantitative estimate of drug-likeness (QED) is 0.444. The van der Waals surface area contributed by atoms with Crippen LogP contribution < -0.4 is 4.90 Å². The maximum Gasteiger partial charge on any atom is 0.412 e. The van der Waals surface area contributed by atoms with E-state index in [-0.39, 0.29) is 12.8 Å². The average Bonchev–Trinajstić information content (AvgIpc) is 2.76. The summed E-state index contributed by atoms with van der Waals surface area (Å²) in [5, 5.41) is 0. The first-order valence-corrected chi connectivity index (χ1v) is 11.5. The number of carbonyl (C=O) groups is 2. The number of rotatable bonds is 7. The third kappa shape index (κ3) is 6.40. The zero-order valence-corrected chi connectivity index (χ0v) is 19.2. The van der Waals surface area contributed by atoms with Crippen molar-refractivity contribution in [3.8, 4) is 0 Å². The van der Waals surface area contributed by atoms with Crippen LogP contribution in [0.4, 0.5) is 10.5 Å². The van der Waals surface area contributed by atoms with Crippen molar-refractivity contribution in [2.45, 2.75) is 43.4 Å². The van der Waals surface area contributed by atoms with Gasteiger partial charge >= 0.3 is 12.1 Å². The molecule has 7 heteroatoms. The molecule has 1 saturated heterocycles. The number of benzene rings is 2. The molecule has 0 atom stereocenters. The molecule has 0 unspecified atom stereocenters. The minimum absolute atomic E-state index is 0.326. The van der Waals surface area contributed by atoms with Crippen LogP contribution >= 0.6 is 11.8 Å². The molecule has 2 aromatic rings. The molecule has 0 N–H and O–H groups in total. The van der Waals surface area contributed by atoms with Gasteiger partial charge in [0.15, 0.2) is 0 Å². The number of piperazine rings is 1. The highest BCUT2D eigenvalue weighted by molar-refractivity contribution is 7.99. The van der Waals surface area contributed by atoms with Crippen molar-refractivity contribution in [2.24, 2.45) is 0 Å². The van der Waals surface area contributed by atoms with Crippen molar-refractivity contribution in [3.63, 3.8) is 0 Å². The van der Waals surface area contributed by atoms with Crippen LogP contribution in [0, 0.1) is 13.8 Å². The summed E-state index contributed by atoms with van der Waals surface area (Å²) < 4.78 is 9.99. The van der Waals surface area contributed by atoms with E-state index in [1.165, 1.54) is 26.6 Å². The van der Waals surface area contributed by atoms with Gasteiger partial charge in [0.2, 0.25) is 6.79 Å². The van der Waals surface area contributed by atoms with E-state index in [9.17, 15) is 9.59 Å². The van der Waals surface area contributed by atoms with Gasteiger partial charge in [-0.2, -0.15) is 0 Å². The van der Waals surface area contributed by atoms with E-state index in [1.54, 1.807) is 16.7 Å². The third-order valence-corrected chi connectivity index (χ3v) is 6.39. The highest BCUT2D eigenvalue weighted by atomic mass is 32.2. The van der Waals surface area contributed by atoms with Crippen LogP contribution in [0.25, 0.3) is 0 Å². The number of ether oxygens (including phenoxy) is 2. The van der Waals surface area contributed by atoms with Crippen LogP contribution in [0.15, 0.2) is 52.3 Å². The number of anilines is 1. The second-order valence-corrected chi connectivity index (χ2v) is 8.69. The Bertz CT molecular complexity index is 910. The molecule has 3 rings (SSSR count). The second-order valence-electron chi connectivity index (χ2n) is 7.61. The van der Waals surface area contributed by atoms with Crippen LogP contribution in [0.2, 0.25) is 0 Å². The van der Waals surface area contributed by atoms with Crippen LogP contribution in [0.5, 0.6) is 0 Å². The van der Waals surface area contributed by atoms with Gasteiger partial charge in [-0.3, -0.25) is 4.79 Å². The molecule has 0 bridgehead atoms. The van der Waals surface area contributed by atoms with Gasteiger partial charge in [0.25, 0.3) is 0 Å².